The van der Waals surface area contributed by atoms with Gasteiger partial charge in [0.15, 0.2) is 5.75 Å². The van der Waals surface area contributed by atoms with Gasteiger partial charge in [0.25, 0.3) is 0 Å². The van der Waals surface area contributed by atoms with Crippen LogP contribution in [0.4, 0.5) is 5.69 Å². The highest BCUT2D eigenvalue weighted by Gasteiger charge is 2.25. The Morgan fingerprint density at radius 2 is 2.19 bits per heavy atom. The van der Waals surface area contributed by atoms with E-state index < -0.39 is 4.92 Å². The van der Waals surface area contributed by atoms with Gasteiger partial charge in [-0.25, -0.2) is 0 Å². The smallest absolute Gasteiger partial charge is 0.311 e. The Hall–Kier alpha value is -1.92. The number of phenolic OH excluding ortho intramolecular Hbond substituents is 1. The predicted molar refractivity (Wildman–Crippen MR) is 81.4 cm³/mol. The van der Waals surface area contributed by atoms with Crippen LogP contribution in [0.2, 0.25) is 0 Å². The van der Waals surface area contributed by atoms with Crippen LogP contribution in [-0.2, 0) is 0 Å². The highest BCUT2D eigenvalue weighted by molar-refractivity contribution is 5.48. The Labute approximate surface area is 124 Å². The van der Waals surface area contributed by atoms with Gasteiger partial charge in [0.1, 0.15) is 0 Å². The number of phenols is 1. The van der Waals surface area contributed by atoms with Crippen LogP contribution in [0.5, 0.6) is 5.75 Å². The number of aromatic hydroxyl groups is 1. The van der Waals surface area contributed by atoms with E-state index >= 15 is 0 Å². The van der Waals surface area contributed by atoms with E-state index in [1.807, 2.05) is 6.92 Å². The minimum Gasteiger partial charge on any atom is -0.502 e. The van der Waals surface area contributed by atoms with Gasteiger partial charge in [-0.2, -0.15) is 0 Å². The molecule has 2 rings (SSSR count). The van der Waals surface area contributed by atoms with E-state index in [1.165, 1.54) is 12.1 Å². The second-order valence-corrected chi connectivity index (χ2v) is 5.47. The summed E-state index contributed by atoms with van der Waals surface area (Å²) >= 11 is 0. The molecule has 1 aliphatic heterocycles. The lowest BCUT2D eigenvalue weighted by Gasteiger charge is -2.35. The first-order valence-corrected chi connectivity index (χ1v) is 7.05. The molecule has 0 aromatic heterocycles. The maximum atomic E-state index is 11.0. The van der Waals surface area contributed by atoms with Crippen LogP contribution in [0.15, 0.2) is 30.4 Å². The fourth-order valence-corrected chi connectivity index (χ4v) is 2.68. The average Bonchev–Trinajstić information content (AvgIpc) is 2.46. The maximum Gasteiger partial charge on any atom is 0.311 e. The van der Waals surface area contributed by atoms with Crippen LogP contribution in [0, 0.1) is 10.1 Å². The van der Waals surface area contributed by atoms with E-state index in [0.717, 1.165) is 43.7 Å². The summed E-state index contributed by atoms with van der Waals surface area (Å²) in [5, 5.41) is 23.9. The van der Waals surface area contributed by atoms with Gasteiger partial charge in [-0.1, -0.05) is 11.6 Å². The molecule has 114 valence electrons. The quantitative estimate of drug-likeness (QED) is 0.494. The van der Waals surface area contributed by atoms with Crippen molar-refractivity contribution < 1.29 is 10.0 Å². The molecular formula is C15H21N3O3. The maximum absolute atomic E-state index is 11.0. The molecule has 1 aromatic rings. The summed E-state index contributed by atoms with van der Waals surface area (Å²) in [7, 11) is 0. The number of nitrogens with zero attached hydrogens (tertiary/aromatic N) is 2. The van der Waals surface area contributed by atoms with Crippen molar-refractivity contribution in [2.75, 3.05) is 26.2 Å². The molecule has 0 amide bonds. The third-order valence-corrected chi connectivity index (χ3v) is 3.72. The van der Waals surface area contributed by atoms with E-state index in [0.29, 0.717) is 0 Å². The first-order valence-electron chi connectivity index (χ1n) is 7.05. The van der Waals surface area contributed by atoms with Gasteiger partial charge < -0.3 is 10.4 Å². The lowest BCUT2D eigenvalue weighted by atomic mass is 9.97. The number of nitro benzene ring substituents is 1. The van der Waals surface area contributed by atoms with Crippen molar-refractivity contribution in [1.29, 1.82) is 0 Å². The summed E-state index contributed by atoms with van der Waals surface area (Å²) in [5.74, 6) is -0.293. The normalized spacial score (nSPS) is 17.4. The molecule has 6 heteroatoms. The van der Waals surface area contributed by atoms with Crippen molar-refractivity contribution in [3.8, 4) is 5.75 Å². The summed E-state index contributed by atoms with van der Waals surface area (Å²) in [6.07, 6.45) is 0.752. The highest BCUT2D eigenvalue weighted by Crippen LogP contribution is 2.33. The van der Waals surface area contributed by atoms with Crippen LogP contribution in [0.3, 0.4) is 0 Å². The van der Waals surface area contributed by atoms with Crippen molar-refractivity contribution in [3.05, 3.63) is 46.0 Å². The molecule has 0 radical (unpaired) electrons. The molecule has 2 N–H and O–H groups in total. The minimum absolute atomic E-state index is 0.0592. The minimum atomic E-state index is -0.547. The number of rotatable bonds is 5. The molecule has 0 aliphatic carbocycles. The van der Waals surface area contributed by atoms with Crippen LogP contribution in [0.1, 0.15) is 24.9 Å². The molecule has 1 aromatic carbocycles. The monoisotopic (exact) mass is 291 g/mol. The van der Waals surface area contributed by atoms with Gasteiger partial charge in [0.05, 0.1) is 4.92 Å². The molecular weight excluding hydrogens is 270 g/mol. The van der Waals surface area contributed by atoms with Gasteiger partial charge >= 0.3 is 5.69 Å². The molecule has 0 saturated carbocycles. The summed E-state index contributed by atoms with van der Waals surface area (Å²) < 4.78 is 0. The fourth-order valence-electron chi connectivity index (χ4n) is 2.68. The Balaban J connectivity index is 2.33. The lowest BCUT2D eigenvalue weighted by Crippen LogP contribution is -2.45. The van der Waals surface area contributed by atoms with Crippen molar-refractivity contribution in [3.63, 3.8) is 0 Å². The Morgan fingerprint density at radius 3 is 2.76 bits per heavy atom. The zero-order valence-electron chi connectivity index (χ0n) is 12.2. The Morgan fingerprint density at radius 1 is 1.52 bits per heavy atom. The summed E-state index contributed by atoms with van der Waals surface area (Å²) in [5.41, 5.74) is 1.65. The molecule has 1 saturated heterocycles. The van der Waals surface area contributed by atoms with Crippen LogP contribution in [-0.4, -0.2) is 41.1 Å². The number of nitrogens with one attached hydrogen (secondary N) is 1. The third-order valence-electron chi connectivity index (χ3n) is 3.72. The van der Waals surface area contributed by atoms with Crippen LogP contribution >= 0.6 is 0 Å². The number of benzene rings is 1. The molecule has 1 fully saturated rings. The summed E-state index contributed by atoms with van der Waals surface area (Å²) in [6.45, 7) is 9.54. The van der Waals surface area contributed by atoms with Gasteiger partial charge in [-0.05, 0) is 25.0 Å². The van der Waals surface area contributed by atoms with E-state index in [4.69, 9.17) is 0 Å². The average molecular weight is 291 g/mol. The van der Waals surface area contributed by atoms with E-state index in [2.05, 4.69) is 16.8 Å². The van der Waals surface area contributed by atoms with Crippen molar-refractivity contribution in [1.82, 2.24) is 10.2 Å². The van der Waals surface area contributed by atoms with E-state index in [-0.39, 0.29) is 17.5 Å². The first-order chi connectivity index (χ1) is 9.99. The fraction of sp³-hybridized carbons (Fsp3) is 0.467. The lowest BCUT2D eigenvalue weighted by molar-refractivity contribution is -0.386. The number of nitro groups is 1. The van der Waals surface area contributed by atoms with E-state index in [9.17, 15) is 15.2 Å². The molecule has 1 aliphatic rings. The second kappa shape index (κ2) is 6.69. The molecule has 0 bridgehead atoms. The zero-order valence-corrected chi connectivity index (χ0v) is 12.2. The Kier molecular flexibility index (Phi) is 4.93. The second-order valence-electron chi connectivity index (χ2n) is 5.47. The number of hydrogen-bond donors (Lipinski definition) is 2. The van der Waals surface area contributed by atoms with Crippen LogP contribution in [0.25, 0.3) is 0 Å². The number of piperazine rings is 1. The Bertz CT molecular complexity index is 539. The summed E-state index contributed by atoms with van der Waals surface area (Å²) in [4.78, 5) is 12.8. The van der Waals surface area contributed by atoms with Gasteiger partial charge in [-0.15, -0.1) is 6.58 Å². The topological polar surface area (TPSA) is 78.6 Å². The van der Waals surface area contributed by atoms with Gasteiger partial charge in [0, 0.05) is 38.3 Å². The molecule has 1 heterocycles. The molecule has 1 atom stereocenters. The summed E-state index contributed by atoms with van der Waals surface area (Å²) in [6, 6.07) is 4.70. The van der Waals surface area contributed by atoms with Crippen molar-refractivity contribution in [2.24, 2.45) is 0 Å². The van der Waals surface area contributed by atoms with Crippen molar-refractivity contribution in [2.45, 2.75) is 19.4 Å². The van der Waals surface area contributed by atoms with E-state index in [1.54, 1.807) is 6.07 Å². The SMILES string of the molecule is C=C(C)C[C@H](c1ccc(O)c([N+](=O)[O-])c1)N1CCNCC1. The van der Waals surface area contributed by atoms with Gasteiger partial charge in [0.2, 0.25) is 0 Å². The largest absolute Gasteiger partial charge is 0.502 e. The predicted octanol–water partition coefficient (Wildman–Crippen LogP) is 2.21. The number of hydrogen-bond acceptors (Lipinski definition) is 5. The van der Waals surface area contributed by atoms with Crippen molar-refractivity contribution >= 4 is 5.69 Å². The first kappa shape index (κ1) is 15.5. The highest BCUT2D eigenvalue weighted by atomic mass is 16.6. The molecule has 0 spiro atoms. The van der Waals surface area contributed by atoms with Gasteiger partial charge in [-0.3, -0.25) is 15.0 Å². The van der Waals surface area contributed by atoms with Crippen LogP contribution < -0.4 is 5.32 Å². The molecule has 0 unspecified atom stereocenters. The third kappa shape index (κ3) is 3.80. The molecule has 21 heavy (non-hydrogen) atoms. The zero-order chi connectivity index (χ0) is 15.4. The standard InChI is InChI=1S/C15H21N3O3/c1-11(2)9-13(17-7-5-16-6-8-17)12-3-4-15(19)14(10-12)18(20)21/h3-4,10,13,16,19H,1,5-9H2,2H3/t13-/m1/s1. The molecule has 6 nitrogen and oxygen atoms in total.